The van der Waals surface area contributed by atoms with Crippen LogP contribution >= 0.6 is 0 Å². The van der Waals surface area contributed by atoms with Crippen LogP contribution in [0.4, 0.5) is 0 Å². The van der Waals surface area contributed by atoms with E-state index in [2.05, 4.69) is 11.7 Å². The minimum atomic E-state index is 0.688. The molecule has 0 atom stereocenters. The smallest absolute Gasteiger partial charge is 0.0605 e. The lowest BCUT2D eigenvalue weighted by Crippen LogP contribution is -1.91. The van der Waals surface area contributed by atoms with Crippen LogP contribution in [-0.2, 0) is 0 Å². The van der Waals surface area contributed by atoms with Gasteiger partial charge < -0.3 is 5.21 Å². The molecule has 8 heavy (non-hydrogen) atoms. The van der Waals surface area contributed by atoms with E-state index in [0.29, 0.717) is 6.42 Å². The predicted molar refractivity (Wildman–Crippen MR) is 34.3 cm³/mol. The first-order chi connectivity index (χ1) is 3.85. The minimum Gasteiger partial charge on any atom is -0.411 e. The van der Waals surface area contributed by atoms with E-state index in [4.69, 9.17) is 5.21 Å². The Labute approximate surface area is 49.5 Å². The molecule has 0 aliphatic carbocycles. The van der Waals surface area contributed by atoms with Crippen LogP contribution in [0.3, 0.4) is 0 Å². The molecule has 0 saturated heterocycles. The Hall–Kier alpha value is -0.790. The summed E-state index contributed by atoms with van der Waals surface area (Å²) in [5, 5.41) is 11.2. The van der Waals surface area contributed by atoms with Crippen LogP contribution in [0.25, 0.3) is 0 Å². The number of rotatable bonds is 3. The van der Waals surface area contributed by atoms with E-state index in [1.165, 1.54) is 0 Å². The van der Waals surface area contributed by atoms with E-state index in [1.807, 2.05) is 6.92 Å². The lowest BCUT2D eigenvalue weighted by molar-refractivity contribution is 0.317. The van der Waals surface area contributed by atoms with Crippen molar-refractivity contribution in [1.82, 2.24) is 0 Å². The molecule has 0 aliphatic heterocycles. The van der Waals surface area contributed by atoms with Gasteiger partial charge in [0.15, 0.2) is 0 Å². The molecule has 0 unspecified atom stereocenters. The van der Waals surface area contributed by atoms with Gasteiger partial charge in [0.1, 0.15) is 0 Å². The fraction of sp³-hybridized carbons (Fsp3) is 0.500. The van der Waals surface area contributed by atoms with Gasteiger partial charge in [-0.15, -0.1) is 6.58 Å². The van der Waals surface area contributed by atoms with E-state index >= 15 is 0 Å². The summed E-state index contributed by atoms with van der Waals surface area (Å²) in [5.74, 6) is 0. The van der Waals surface area contributed by atoms with Crippen molar-refractivity contribution in [1.29, 1.82) is 0 Å². The van der Waals surface area contributed by atoms with Gasteiger partial charge in [-0.05, 0) is 6.42 Å². The number of hydrogen-bond acceptors (Lipinski definition) is 2. The second kappa shape index (κ2) is 4.37. The maximum atomic E-state index is 8.20. The first-order valence-corrected chi connectivity index (χ1v) is 2.65. The van der Waals surface area contributed by atoms with Crippen molar-refractivity contribution in [3.8, 4) is 0 Å². The van der Waals surface area contributed by atoms with E-state index in [0.717, 1.165) is 12.1 Å². The van der Waals surface area contributed by atoms with Gasteiger partial charge in [-0.3, -0.25) is 0 Å². The minimum absolute atomic E-state index is 0.688. The zero-order valence-corrected chi connectivity index (χ0v) is 5.09. The Kier molecular flexibility index (Phi) is 3.94. The third-order valence-corrected chi connectivity index (χ3v) is 0.929. The Balaban J connectivity index is 3.53. The third kappa shape index (κ3) is 2.39. The molecule has 0 radical (unpaired) electrons. The topological polar surface area (TPSA) is 32.6 Å². The molecule has 0 fully saturated rings. The molecular weight excluding hydrogens is 102 g/mol. The summed E-state index contributed by atoms with van der Waals surface area (Å²) in [6, 6.07) is 0. The van der Waals surface area contributed by atoms with Gasteiger partial charge in [0.2, 0.25) is 0 Å². The average Bonchev–Trinajstić information content (AvgIpc) is 1.83. The van der Waals surface area contributed by atoms with Gasteiger partial charge in [0.05, 0.1) is 5.71 Å². The molecule has 0 aliphatic rings. The van der Waals surface area contributed by atoms with Crippen LogP contribution in [0.1, 0.15) is 19.8 Å². The molecule has 0 amide bonds. The first-order valence-electron chi connectivity index (χ1n) is 2.65. The van der Waals surface area contributed by atoms with Crippen LogP contribution in [0.2, 0.25) is 0 Å². The SMILES string of the molecule is C=CCC(CC)=NO. The molecular formula is C6H11NO. The van der Waals surface area contributed by atoms with E-state index in [1.54, 1.807) is 6.08 Å². The van der Waals surface area contributed by atoms with Crippen molar-refractivity contribution in [3.05, 3.63) is 12.7 Å². The second-order valence-corrected chi connectivity index (χ2v) is 1.51. The Morgan fingerprint density at radius 2 is 2.50 bits per heavy atom. The van der Waals surface area contributed by atoms with Crippen LogP contribution in [-0.4, -0.2) is 10.9 Å². The van der Waals surface area contributed by atoms with Gasteiger partial charge in [-0.25, -0.2) is 0 Å². The van der Waals surface area contributed by atoms with Gasteiger partial charge in [0, 0.05) is 6.42 Å². The third-order valence-electron chi connectivity index (χ3n) is 0.929. The summed E-state index contributed by atoms with van der Waals surface area (Å²) >= 11 is 0. The number of hydrogen-bond donors (Lipinski definition) is 1. The molecule has 0 spiro atoms. The zero-order chi connectivity index (χ0) is 6.41. The Morgan fingerprint density at radius 3 is 2.62 bits per heavy atom. The molecule has 0 heterocycles. The summed E-state index contributed by atoms with van der Waals surface area (Å²) in [6.45, 7) is 5.45. The van der Waals surface area contributed by atoms with Crippen LogP contribution < -0.4 is 0 Å². The molecule has 0 aromatic rings. The lowest BCUT2D eigenvalue weighted by atomic mass is 10.2. The lowest BCUT2D eigenvalue weighted by Gasteiger charge is -1.91. The summed E-state index contributed by atoms with van der Waals surface area (Å²) in [6.07, 6.45) is 3.20. The first kappa shape index (κ1) is 7.21. The summed E-state index contributed by atoms with van der Waals surface area (Å²) in [5.41, 5.74) is 0.778. The van der Waals surface area contributed by atoms with Crippen LogP contribution in [0.5, 0.6) is 0 Å². The monoisotopic (exact) mass is 113 g/mol. The highest BCUT2D eigenvalue weighted by Crippen LogP contribution is 1.90. The van der Waals surface area contributed by atoms with Gasteiger partial charge >= 0.3 is 0 Å². The maximum Gasteiger partial charge on any atom is 0.0605 e. The Morgan fingerprint density at radius 1 is 1.88 bits per heavy atom. The molecule has 0 rings (SSSR count). The maximum absolute atomic E-state index is 8.20. The molecule has 1 N–H and O–H groups in total. The van der Waals surface area contributed by atoms with E-state index in [9.17, 15) is 0 Å². The molecule has 2 heteroatoms. The zero-order valence-electron chi connectivity index (χ0n) is 5.09. The molecule has 2 nitrogen and oxygen atoms in total. The largest absolute Gasteiger partial charge is 0.411 e. The fourth-order valence-corrected chi connectivity index (χ4v) is 0.422. The van der Waals surface area contributed by atoms with E-state index < -0.39 is 0 Å². The number of allylic oxidation sites excluding steroid dienone is 1. The normalized spacial score (nSPS) is 11.4. The van der Waals surface area contributed by atoms with Crippen molar-refractivity contribution in [2.45, 2.75) is 19.8 Å². The standard InChI is InChI=1S/C6H11NO/c1-3-5-6(4-2)7-8/h3,8H,1,4-5H2,2H3. The quantitative estimate of drug-likeness (QED) is 0.257. The summed E-state index contributed by atoms with van der Waals surface area (Å²) < 4.78 is 0. The number of oxime groups is 1. The predicted octanol–water partition coefficient (Wildman–Crippen LogP) is 1.80. The van der Waals surface area contributed by atoms with Gasteiger partial charge in [0.25, 0.3) is 0 Å². The summed E-state index contributed by atoms with van der Waals surface area (Å²) in [4.78, 5) is 0. The fourth-order valence-electron chi connectivity index (χ4n) is 0.422. The van der Waals surface area contributed by atoms with Crippen molar-refractivity contribution in [2.75, 3.05) is 0 Å². The molecule has 0 aromatic carbocycles. The van der Waals surface area contributed by atoms with Crippen molar-refractivity contribution < 1.29 is 5.21 Å². The Bertz CT molecular complexity index is 96.7. The molecule has 0 bridgehead atoms. The van der Waals surface area contributed by atoms with E-state index in [-0.39, 0.29) is 0 Å². The van der Waals surface area contributed by atoms with Crippen LogP contribution in [0, 0.1) is 0 Å². The van der Waals surface area contributed by atoms with Crippen molar-refractivity contribution >= 4 is 5.71 Å². The van der Waals surface area contributed by atoms with Gasteiger partial charge in [-0.2, -0.15) is 0 Å². The molecule has 46 valence electrons. The van der Waals surface area contributed by atoms with Crippen molar-refractivity contribution in [2.24, 2.45) is 5.16 Å². The van der Waals surface area contributed by atoms with Crippen molar-refractivity contribution in [3.63, 3.8) is 0 Å². The van der Waals surface area contributed by atoms with Crippen LogP contribution in [0.15, 0.2) is 17.8 Å². The average molecular weight is 113 g/mol. The second-order valence-electron chi connectivity index (χ2n) is 1.51. The van der Waals surface area contributed by atoms with Gasteiger partial charge in [-0.1, -0.05) is 18.2 Å². The molecule has 0 saturated carbocycles. The highest BCUT2D eigenvalue weighted by molar-refractivity contribution is 5.84. The summed E-state index contributed by atoms with van der Waals surface area (Å²) in [7, 11) is 0. The highest BCUT2D eigenvalue weighted by Gasteiger charge is 1.89. The molecule has 0 aromatic heterocycles. The highest BCUT2D eigenvalue weighted by atomic mass is 16.4. The number of nitrogens with zero attached hydrogens (tertiary/aromatic N) is 1.